The third-order valence-electron chi connectivity index (χ3n) is 3.23. The summed E-state index contributed by atoms with van der Waals surface area (Å²) in [7, 11) is 0. The molecule has 1 aliphatic heterocycles. The zero-order chi connectivity index (χ0) is 12.4. The van der Waals surface area contributed by atoms with Crippen LogP contribution in [0.15, 0.2) is 36.5 Å². The highest BCUT2D eigenvalue weighted by molar-refractivity contribution is 5.84. The van der Waals surface area contributed by atoms with E-state index >= 15 is 0 Å². The number of benzene rings is 1. The smallest absolute Gasteiger partial charge is 0.149 e. The van der Waals surface area contributed by atoms with E-state index in [2.05, 4.69) is 10.3 Å². The second kappa shape index (κ2) is 4.90. The molecule has 2 aromatic rings. The van der Waals surface area contributed by atoms with E-state index in [9.17, 15) is 4.39 Å². The minimum atomic E-state index is -0.953. The Morgan fingerprint density at radius 1 is 1.28 bits per heavy atom. The van der Waals surface area contributed by atoms with Gasteiger partial charge in [-0.05, 0) is 37.2 Å². The van der Waals surface area contributed by atoms with Crippen LogP contribution in [-0.2, 0) is 0 Å². The van der Waals surface area contributed by atoms with Crippen molar-refractivity contribution in [3.8, 4) is 5.75 Å². The summed E-state index contributed by atoms with van der Waals surface area (Å²) >= 11 is 0. The number of fused-ring (bicyclic) bond motifs is 1. The Hall–Kier alpha value is -1.68. The van der Waals surface area contributed by atoms with Crippen molar-refractivity contribution in [1.29, 1.82) is 0 Å². The molecule has 3 rings (SSSR count). The van der Waals surface area contributed by atoms with Crippen molar-refractivity contribution in [2.45, 2.75) is 18.7 Å². The standard InChI is InChI=1S/C14H15FN2O/c15-11-9-16-8-6-14(11)18-13-5-1-4-12-10(13)3-2-7-17-12/h1-5,7,11,14,16H,6,8-9H2. The van der Waals surface area contributed by atoms with E-state index in [1.807, 2.05) is 30.3 Å². The lowest BCUT2D eigenvalue weighted by atomic mass is 10.1. The molecule has 0 spiro atoms. The number of hydrogen-bond donors (Lipinski definition) is 1. The molecule has 0 radical (unpaired) electrons. The number of nitrogens with one attached hydrogen (secondary N) is 1. The van der Waals surface area contributed by atoms with Gasteiger partial charge >= 0.3 is 0 Å². The monoisotopic (exact) mass is 246 g/mol. The fraction of sp³-hybridized carbons (Fsp3) is 0.357. The average molecular weight is 246 g/mol. The average Bonchev–Trinajstić information content (AvgIpc) is 2.42. The summed E-state index contributed by atoms with van der Waals surface area (Å²) in [6.45, 7) is 1.17. The van der Waals surface area contributed by atoms with Crippen molar-refractivity contribution >= 4 is 10.9 Å². The highest BCUT2D eigenvalue weighted by atomic mass is 19.1. The summed E-state index contributed by atoms with van der Waals surface area (Å²) in [4.78, 5) is 4.27. The van der Waals surface area contributed by atoms with Gasteiger partial charge in [0, 0.05) is 18.1 Å². The molecule has 4 heteroatoms. The van der Waals surface area contributed by atoms with Gasteiger partial charge < -0.3 is 10.1 Å². The van der Waals surface area contributed by atoms with Gasteiger partial charge in [0.25, 0.3) is 0 Å². The first-order chi connectivity index (χ1) is 8.84. The van der Waals surface area contributed by atoms with Crippen molar-refractivity contribution < 1.29 is 9.13 Å². The van der Waals surface area contributed by atoms with Crippen LogP contribution in [0.3, 0.4) is 0 Å². The van der Waals surface area contributed by atoms with Crippen LogP contribution in [-0.4, -0.2) is 30.3 Å². The molecule has 0 aliphatic carbocycles. The molecular weight excluding hydrogens is 231 g/mol. The zero-order valence-electron chi connectivity index (χ0n) is 9.97. The molecule has 2 heterocycles. The van der Waals surface area contributed by atoms with Crippen LogP contribution < -0.4 is 10.1 Å². The SMILES string of the molecule is FC1CNCCC1Oc1cccc2ncccc12. The molecule has 1 fully saturated rings. The summed E-state index contributed by atoms with van der Waals surface area (Å²) in [6.07, 6.45) is 1.12. The molecule has 1 N–H and O–H groups in total. The van der Waals surface area contributed by atoms with Gasteiger partial charge in [-0.3, -0.25) is 4.98 Å². The normalized spacial score (nSPS) is 24.1. The Morgan fingerprint density at radius 2 is 2.22 bits per heavy atom. The number of halogens is 1. The van der Waals surface area contributed by atoms with Crippen molar-refractivity contribution in [2.24, 2.45) is 0 Å². The molecular formula is C14H15FN2O. The molecule has 3 nitrogen and oxygen atoms in total. The van der Waals surface area contributed by atoms with E-state index in [-0.39, 0.29) is 6.10 Å². The molecule has 18 heavy (non-hydrogen) atoms. The van der Waals surface area contributed by atoms with E-state index in [0.717, 1.165) is 23.2 Å². The quantitative estimate of drug-likeness (QED) is 0.883. The van der Waals surface area contributed by atoms with Gasteiger partial charge in [0.05, 0.1) is 5.52 Å². The molecule has 2 atom stereocenters. The van der Waals surface area contributed by atoms with Gasteiger partial charge in [0.1, 0.15) is 18.0 Å². The van der Waals surface area contributed by atoms with Gasteiger partial charge in [-0.1, -0.05) is 6.07 Å². The third-order valence-corrected chi connectivity index (χ3v) is 3.23. The number of rotatable bonds is 2. The molecule has 2 unspecified atom stereocenters. The Bertz CT molecular complexity index is 541. The number of ether oxygens (including phenoxy) is 1. The van der Waals surface area contributed by atoms with Crippen molar-refractivity contribution in [2.75, 3.05) is 13.1 Å². The van der Waals surface area contributed by atoms with Gasteiger partial charge in [-0.25, -0.2) is 4.39 Å². The molecule has 1 aromatic carbocycles. The van der Waals surface area contributed by atoms with E-state index in [1.54, 1.807) is 6.20 Å². The fourth-order valence-corrected chi connectivity index (χ4v) is 2.27. The fourth-order valence-electron chi connectivity index (χ4n) is 2.27. The van der Waals surface area contributed by atoms with E-state index < -0.39 is 6.17 Å². The number of nitrogens with zero attached hydrogens (tertiary/aromatic N) is 1. The Balaban J connectivity index is 1.90. The highest BCUT2D eigenvalue weighted by Crippen LogP contribution is 2.26. The Morgan fingerprint density at radius 3 is 3.11 bits per heavy atom. The third kappa shape index (κ3) is 2.16. The number of alkyl halides is 1. The molecule has 1 saturated heterocycles. The zero-order valence-corrected chi connectivity index (χ0v) is 9.97. The first kappa shape index (κ1) is 11.4. The molecule has 1 aliphatic rings. The molecule has 94 valence electrons. The first-order valence-electron chi connectivity index (χ1n) is 6.20. The predicted octanol–water partition coefficient (Wildman–Crippen LogP) is 2.31. The van der Waals surface area contributed by atoms with Crippen LogP contribution in [0, 0.1) is 0 Å². The molecule has 0 bridgehead atoms. The molecule has 0 amide bonds. The van der Waals surface area contributed by atoms with Crippen molar-refractivity contribution in [1.82, 2.24) is 10.3 Å². The number of piperidine rings is 1. The maximum Gasteiger partial charge on any atom is 0.149 e. The van der Waals surface area contributed by atoms with E-state index in [4.69, 9.17) is 4.74 Å². The van der Waals surface area contributed by atoms with Crippen LogP contribution in [0.4, 0.5) is 4.39 Å². The maximum absolute atomic E-state index is 13.7. The number of pyridine rings is 1. The highest BCUT2D eigenvalue weighted by Gasteiger charge is 2.26. The largest absolute Gasteiger partial charge is 0.487 e. The summed E-state index contributed by atoms with van der Waals surface area (Å²) in [5, 5.41) is 3.96. The second-order valence-electron chi connectivity index (χ2n) is 4.49. The minimum absolute atomic E-state index is 0.364. The summed E-state index contributed by atoms with van der Waals surface area (Å²) in [5.41, 5.74) is 0.874. The van der Waals surface area contributed by atoms with Crippen molar-refractivity contribution in [3.05, 3.63) is 36.5 Å². The first-order valence-corrected chi connectivity index (χ1v) is 6.20. The summed E-state index contributed by atoms with van der Waals surface area (Å²) in [5.74, 6) is 0.718. The van der Waals surface area contributed by atoms with E-state index in [1.165, 1.54) is 0 Å². The van der Waals surface area contributed by atoms with Crippen molar-refractivity contribution in [3.63, 3.8) is 0 Å². The second-order valence-corrected chi connectivity index (χ2v) is 4.49. The number of aromatic nitrogens is 1. The Kier molecular flexibility index (Phi) is 3.11. The van der Waals surface area contributed by atoms with Crippen LogP contribution in [0.25, 0.3) is 10.9 Å². The summed E-state index contributed by atoms with van der Waals surface area (Å²) in [6, 6.07) is 9.51. The maximum atomic E-state index is 13.7. The lowest BCUT2D eigenvalue weighted by Crippen LogP contribution is -2.44. The topological polar surface area (TPSA) is 34.1 Å². The lowest BCUT2D eigenvalue weighted by Gasteiger charge is -2.27. The van der Waals surface area contributed by atoms with Crippen LogP contribution >= 0.6 is 0 Å². The minimum Gasteiger partial charge on any atom is -0.487 e. The van der Waals surface area contributed by atoms with Crippen LogP contribution in [0.1, 0.15) is 6.42 Å². The van der Waals surface area contributed by atoms with Gasteiger partial charge in [-0.15, -0.1) is 0 Å². The van der Waals surface area contributed by atoms with Gasteiger partial charge in [0.15, 0.2) is 0 Å². The predicted molar refractivity (Wildman–Crippen MR) is 68.5 cm³/mol. The van der Waals surface area contributed by atoms with Crippen LogP contribution in [0.5, 0.6) is 5.75 Å². The van der Waals surface area contributed by atoms with E-state index in [0.29, 0.717) is 13.0 Å². The van der Waals surface area contributed by atoms with Gasteiger partial charge in [0.2, 0.25) is 0 Å². The number of hydrogen-bond acceptors (Lipinski definition) is 3. The van der Waals surface area contributed by atoms with Gasteiger partial charge in [-0.2, -0.15) is 0 Å². The van der Waals surface area contributed by atoms with Crippen LogP contribution in [0.2, 0.25) is 0 Å². The molecule has 1 aromatic heterocycles. The Labute approximate surface area is 105 Å². The summed E-state index contributed by atoms with van der Waals surface area (Å²) < 4.78 is 19.6. The molecule has 0 saturated carbocycles. The lowest BCUT2D eigenvalue weighted by molar-refractivity contribution is 0.0744.